The van der Waals surface area contributed by atoms with Crippen LogP contribution < -0.4 is 4.90 Å². The summed E-state index contributed by atoms with van der Waals surface area (Å²) in [5.41, 5.74) is 0.0318. The van der Waals surface area contributed by atoms with Gasteiger partial charge in [0, 0.05) is 24.9 Å². The second-order valence-electron chi connectivity index (χ2n) is 7.03. The zero-order valence-electron chi connectivity index (χ0n) is 14.4. The molecule has 28 heavy (non-hydrogen) atoms. The van der Waals surface area contributed by atoms with Crippen LogP contribution in [-0.2, 0) is 6.18 Å². The van der Waals surface area contributed by atoms with Gasteiger partial charge in [0.15, 0.2) is 10.0 Å². The summed E-state index contributed by atoms with van der Waals surface area (Å²) >= 11 is 9.18. The number of piperidine rings is 1. The van der Waals surface area contributed by atoms with Crippen molar-refractivity contribution < 1.29 is 13.2 Å². The maximum Gasteiger partial charge on any atom is 0.433 e. The van der Waals surface area contributed by atoms with Gasteiger partial charge in [0.25, 0.3) is 0 Å². The normalized spacial score (nSPS) is 24.0. The first-order valence-electron chi connectivity index (χ1n) is 8.73. The Morgan fingerprint density at radius 1 is 1.14 bits per heavy atom. The van der Waals surface area contributed by atoms with Gasteiger partial charge in [-0.05, 0) is 41.5 Å². The van der Waals surface area contributed by atoms with Crippen LogP contribution in [0.2, 0.25) is 5.28 Å². The fourth-order valence-electron chi connectivity index (χ4n) is 3.88. The van der Waals surface area contributed by atoms with E-state index in [0.29, 0.717) is 30.8 Å². The highest BCUT2D eigenvalue weighted by Crippen LogP contribution is 2.54. The molecule has 1 aliphatic carbocycles. The van der Waals surface area contributed by atoms with Crippen molar-refractivity contribution in [2.24, 2.45) is 17.8 Å². The average molecular weight is 443 g/mol. The van der Waals surface area contributed by atoms with Crippen LogP contribution in [0.15, 0.2) is 34.7 Å². The molecule has 0 radical (unpaired) electrons. The van der Waals surface area contributed by atoms with E-state index in [1.807, 2.05) is 23.1 Å². The first-order chi connectivity index (χ1) is 13.4. The monoisotopic (exact) mass is 442 g/mol. The molecule has 0 amide bonds. The van der Waals surface area contributed by atoms with Crippen molar-refractivity contribution in [3.05, 3.63) is 41.3 Å². The number of fused-ring (bicyclic) bond motifs is 2. The molecular formula is C18H14ClF3N4S2. The van der Waals surface area contributed by atoms with Gasteiger partial charge in [-0.3, -0.25) is 0 Å². The minimum atomic E-state index is -4.53. The molecule has 2 aromatic heterocycles. The molecule has 2 unspecified atom stereocenters. The lowest BCUT2D eigenvalue weighted by Crippen LogP contribution is -2.26. The summed E-state index contributed by atoms with van der Waals surface area (Å²) in [6, 6.07) is 9.07. The first kappa shape index (κ1) is 18.4. The van der Waals surface area contributed by atoms with E-state index in [2.05, 4.69) is 21.0 Å². The zero-order valence-corrected chi connectivity index (χ0v) is 16.7. The van der Waals surface area contributed by atoms with Gasteiger partial charge in [-0.25, -0.2) is 15.0 Å². The summed E-state index contributed by atoms with van der Waals surface area (Å²) in [7, 11) is 0. The van der Waals surface area contributed by atoms with Gasteiger partial charge in [0.05, 0.1) is 10.2 Å². The lowest BCUT2D eigenvalue weighted by Gasteiger charge is -2.21. The summed E-state index contributed by atoms with van der Waals surface area (Å²) in [5.74, 6) is 2.81. The van der Waals surface area contributed by atoms with E-state index < -0.39 is 11.9 Å². The maximum absolute atomic E-state index is 12.9. The Morgan fingerprint density at radius 2 is 1.89 bits per heavy atom. The lowest BCUT2D eigenvalue weighted by molar-refractivity contribution is -0.141. The van der Waals surface area contributed by atoms with Crippen LogP contribution in [0.1, 0.15) is 5.69 Å². The Hall–Kier alpha value is -1.58. The van der Waals surface area contributed by atoms with E-state index in [0.717, 1.165) is 21.7 Å². The molecule has 5 rings (SSSR count). The number of rotatable bonds is 4. The molecule has 1 saturated carbocycles. The standard InChI is InChI=1S/C18H14ClF3N4S2/c19-16-24-14(18(20,21)22)5-15(25-16)26-6-9-10(7-26)11(9)8-27-17-23-12-3-1-2-4-13(12)28-17/h1-5,9-11H,6-8H2. The van der Waals surface area contributed by atoms with E-state index in [1.54, 1.807) is 23.1 Å². The molecule has 1 saturated heterocycles. The molecule has 2 atom stereocenters. The Kier molecular flexibility index (Phi) is 4.44. The topological polar surface area (TPSA) is 41.9 Å². The molecule has 4 nitrogen and oxygen atoms in total. The minimum absolute atomic E-state index is 0.261. The van der Waals surface area contributed by atoms with Gasteiger partial charge in [-0.1, -0.05) is 23.9 Å². The molecule has 0 spiro atoms. The number of alkyl halides is 3. The number of hydrogen-bond donors (Lipinski definition) is 0. The number of aromatic nitrogens is 3. The number of para-hydroxylation sites is 1. The summed E-state index contributed by atoms with van der Waals surface area (Å²) < 4.78 is 41.1. The van der Waals surface area contributed by atoms with Crippen molar-refractivity contribution in [2.75, 3.05) is 23.7 Å². The van der Waals surface area contributed by atoms with Crippen molar-refractivity contribution in [3.8, 4) is 0 Å². The Bertz CT molecular complexity index is 996. The molecule has 10 heteroatoms. The first-order valence-corrected chi connectivity index (χ1v) is 10.9. The highest BCUT2D eigenvalue weighted by molar-refractivity contribution is 8.01. The molecule has 3 aromatic rings. The SMILES string of the molecule is FC(F)(F)c1cc(N2CC3C(CSc4nc5ccccc5s4)C3C2)nc(Cl)n1. The molecule has 2 fully saturated rings. The quantitative estimate of drug-likeness (QED) is 0.408. The highest BCUT2D eigenvalue weighted by atomic mass is 35.5. The van der Waals surface area contributed by atoms with Crippen LogP contribution in [0.5, 0.6) is 0 Å². The van der Waals surface area contributed by atoms with Crippen molar-refractivity contribution in [1.82, 2.24) is 15.0 Å². The van der Waals surface area contributed by atoms with E-state index in [9.17, 15) is 13.2 Å². The second-order valence-corrected chi connectivity index (χ2v) is 9.67. The number of anilines is 1. The Morgan fingerprint density at radius 3 is 2.61 bits per heavy atom. The largest absolute Gasteiger partial charge is 0.433 e. The van der Waals surface area contributed by atoms with Crippen molar-refractivity contribution in [1.29, 1.82) is 0 Å². The summed E-state index contributed by atoms with van der Waals surface area (Å²) in [6.45, 7) is 1.42. The fourth-order valence-corrected chi connectivity index (χ4v) is 6.45. The van der Waals surface area contributed by atoms with Crippen molar-refractivity contribution >= 4 is 50.7 Å². The van der Waals surface area contributed by atoms with Crippen LogP contribution in [0, 0.1) is 17.8 Å². The smallest absolute Gasteiger partial charge is 0.356 e. The molecule has 2 aliphatic rings. The molecule has 1 aliphatic heterocycles. The Labute approximate surface area is 172 Å². The second kappa shape index (κ2) is 6.74. The summed E-state index contributed by atoms with van der Waals surface area (Å²) in [4.78, 5) is 13.8. The van der Waals surface area contributed by atoms with Crippen LogP contribution in [0.25, 0.3) is 10.2 Å². The number of thiazole rings is 1. The maximum atomic E-state index is 12.9. The molecule has 3 heterocycles. The van der Waals surface area contributed by atoms with Gasteiger partial charge in [-0.2, -0.15) is 13.2 Å². The van der Waals surface area contributed by atoms with Gasteiger partial charge in [-0.15, -0.1) is 11.3 Å². The number of thioether (sulfide) groups is 1. The molecule has 0 N–H and O–H groups in total. The van der Waals surface area contributed by atoms with Crippen LogP contribution in [0.3, 0.4) is 0 Å². The summed E-state index contributed by atoms with van der Waals surface area (Å²) in [5, 5.41) is -0.367. The minimum Gasteiger partial charge on any atom is -0.356 e. The third kappa shape index (κ3) is 3.44. The molecule has 0 bridgehead atoms. The van der Waals surface area contributed by atoms with Crippen LogP contribution >= 0.6 is 34.7 Å². The lowest BCUT2D eigenvalue weighted by atomic mass is 10.3. The van der Waals surface area contributed by atoms with E-state index in [4.69, 9.17) is 11.6 Å². The van der Waals surface area contributed by atoms with E-state index in [-0.39, 0.29) is 11.1 Å². The predicted molar refractivity (Wildman–Crippen MR) is 105 cm³/mol. The number of halogens is 4. The molecular weight excluding hydrogens is 429 g/mol. The number of benzene rings is 1. The predicted octanol–water partition coefficient (Wildman–Crippen LogP) is 5.23. The van der Waals surface area contributed by atoms with Gasteiger partial charge in [0.2, 0.25) is 5.28 Å². The Balaban J connectivity index is 1.21. The van der Waals surface area contributed by atoms with Crippen molar-refractivity contribution in [2.45, 2.75) is 10.5 Å². The molecule has 1 aromatic carbocycles. The van der Waals surface area contributed by atoms with Gasteiger partial charge in [0.1, 0.15) is 5.82 Å². The van der Waals surface area contributed by atoms with E-state index >= 15 is 0 Å². The highest BCUT2D eigenvalue weighted by Gasteiger charge is 2.55. The molecule has 146 valence electrons. The number of hydrogen-bond acceptors (Lipinski definition) is 6. The van der Waals surface area contributed by atoms with Crippen LogP contribution in [-0.4, -0.2) is 33.8 Å². The fraction of sp³-hybridized carbons (Fsp3) is 0.389. The third-order valence-electron chi connectivity index (χ3n) is 5.34. The van der Waals surface area contributed by atoms with Crippen LogP contribution in [0.4, 0.5) is 19.0 Å². The number of nitrogens with zero attached hydrogens (tertiary/aromatic N) is 4. The average Bonchev–Trinajstić information content (AvgIpc) is 3.00. The van der Waals surface area contributed by atoms with Gasteiger partial charge >= 0.3 is 6.18 Å². The van der Waals surface area contributed by atoms with Gasteiger partial charge < -0.3 is 4.90 Å². The summed E-state index contributed by atoms with van der Waals surface area (Å²) in [6.07, 6.45) is -4.53. The zero-order chi connectivity index (χ0) is 19.5. The van der Waals surface area contributed by atoms with Crippen molar-refractivity contribution in [3.63, 3.8) is 0 Å². The third-order valence-corrected chi connectivity index (χ3v) is 7.84. The van der Waals surface area contributed by atoms with E-state index in [1.165, 1.54) is 4.70 Å².